The van der Waals surface area contributed by atoms with Crippen LogP contribution in [0, 0.1) is 0 Å². The van der Waals surface area contributed by atoms with Crippen molar-refractivity contribution in [3.8, 4) is 46.1 Å². The summed E-state index contributed by atoms with van der Waals surface area (Å²) < 4.78 is 89.8. The average Bonchev–Trinajstić information content (AvgIpc) is 3.70. The normalized spacial score (nSPS) is 12.3. The van der Waals surface area contributed by atoms with Crippen LogP contribution in [-0.4, -0.2) is 30.4 Å². The number of aromatic nitrogens is 6. The summed E-state index contributed by atoms with van der Waals surface area (Å²) in [5.74, 6) is 0.421. The molecule has 0 radical (unpaired) electrons. The molecular formula is C30H14F6N6O2. The van der Waals surface area contributed by atoms with Gasteiger partial charge in [-0.05, 0) is 66.7 Å². The van der Waals surface area contributed by atoms with E-state index in [9.17, 15) is 26.3 Å². The number of rotatable bonds is 4. The number of pyridine rings is 2. The summed E-state index contributed by atoms with van der Waals surface area (Å²) in [4.78, 5) is 8.71. The van der Waals surface area contributed by atoms with Crippen LogP contribution in [0.4, 0.5) is 26.3 Å². The van der Waals surface area contributed by atoms with E-state index in [0.29, 0.717) is 32.9 Å². The van der Waals surface area contributed by atoms with E-state index in [2.05, 4.69) is 30.4 Å². The van der Waals surface area contributed by atoms with Crippen LogP contribution in [0.5, 0.6) is 0 Å². The summed E-state index contributed by atoms with van der Waals surface area (Å²) in [6.45, 7) is 0. The third-order valence-electron chi connectivity index (χ3n) is 6.68. The van der Waals surface area contributed by atoms with Crippen molar-refractivity contribution < 1.29 is 35.2 Å². The Balaban J connectivity index is 1.14. The van der Waals surface area contributed by atoms with Crippen LogP contribution < -0.4 is 0 Å². The molecule has 218 valence electrons. The third-order valence-corrected chi connectivity index (χ3v) is 6.68. The summed E-state index contributed by atoms with van der Waals surface area (Å²) in [5, 5.41) is 16.8. The molecule has 0 saturated heterocycles. The van der Waals surface area contributed by atoms with E-state index < -0.39 is 23.5 Å². The van der Waals surface area contributed by atoms with Crippen molar-refractivity contribution in [1.29, 1.82) is 0 Å². The Morgan fingerprint density at radius 1 is 0.455 bits per heavy atom. The molecule has 4 heterocycles. The van der Waals surface area contributed by atoms with Gasteiger partial charge in [-0.25, -0.2) is 9.97 Å². The summed E-state index contributed by atoms with van der Waals surface area (Å²) in [5.41, 5.74) is 0.709. The minimum atomic E-state index is -4.47. The first kappa shape index (κ1) is 27.2. The molecule has 0 saturated carbocycles. The lowest BCUT2D eigenvalue weighted by molar-refractivity contribution is -0.138. The van der Waals surface area contributed by atoms with E-state index in [1.807, 2.05) is 0 Å². The van der Waals surface area contributed by atoms with Crippen LogP contribution in [0.15, 0.2) is 93.8 Å². The monoisotopic (exact) mass is 604 g/mol. The summed E-state index contributed by atoms with van der Waals surface area (Å²) in [7, 11) is 0. The Bertz CT molecular complexity index is 2040. The third kappa shape index (κ3) is 5.10. The second kappa shape index (κ2) is 9.97. The van der Waals surface area contributed by atoms with Crippen molar-refractivity contribution in [2.75, 3.05) is 0 Å². The number of benzene rings is 3. The summed E-state index contributed by atoms with van der Waals surface area (Å²) >= 11 is 0. The molecule has 3 aromatic carbocycles. The molecule has 0 spiro atoms. The second-order valence-electron chi connectivity index (χ2n) is 9.61. The van der Waals surface area contributed by atoms with E-state index in [0.717, 1.165) is 24.3 Å². The zero-order valence-corrected chi connectivity index (χ0v) is 21.9. The molecule has 4 aromatic heterocycles. The largest absolute Gasteiger partial charge is 0.416 e. The van der Waals surface area contributed by atoms with Crippen molar-refractivity contribution in [3.05, 3.63) is 96.1 Å². The van der Waals surface area contributed by atoms with Gasteiger partial charge >= 0.3 is 12.4 Å². The molecule has 0 aliphatic rings. The maximum atomic E-state index is 13.0. The fourth-order valence-electron chi connectivity index (χ4n) is 4.51. The van der Waals surface area contributed by atoms with Crippen molar-refractivity contribution in [1.82, 2.24) is 30.4 Å². The standard InChI is InChI=1S/C30H14F6N6O2/c31-29(32,33)19-6-10-21-15(13-19)4-8-23(37-21)27-41-39-25(43-27)17-2-1-3-18(12-17)26-40-42-28(44-26)24-9-5-16-14-20(30(34,35)36)7-11-22(16)38-24/h1-14H. The number of fused-ring (bicyclic) bond motifs is 2. The van der Waals surface area contributed by atoms with E-state index >= 15 is 0 Å². The van der Waals surface area contributed by atoms with Gasteiger partial charge in [0, 0.05) is 21.9 Å². The van der Waals surface area contributed by atoms with Gasteiger partial charge in [0.2, 0.25) is 11.8 Å². The number of nitrogens with zero attached hydrogens (tertiary/aromatic N) is 6. The molecule has 0 aliphatic heterocycles. The van der Waals surface area contributed by atoms with Gasteiger partial charge in [-0.3, -0.25) is 0 Å². The fourth-order valence-corrected chi connectivity index (χ4v) is 4.51. The van der Waals surface area contributed by atoms with Crippen LogP contribution in [0.1, 0.15) is 11.1 Å². The molecular weight excluding hydrogens is 590 g/mol. The topological polar surface area (TPSA) is 104 Å². The first-order chi connectivity index (χ1) is 21.0. The molecule has 0 bridgehead atoms. The van der Waals surface area contributed by atoms with Gasteiger partial charge in [-0.15, -0.1) is 20.4 Å². The van der Waals surface area contributed by atoms with E-state index in [1.165, 1.54) is 36.4 Å². The van der Waals surface area contributed by atoms with Crippen LogP contribution in [0.3, 0.4) is 0 Å². The smallest absolute Gasteiger partial charge is 0.415 e. The maximum Gasteiger partial charge on any atom is 0.416 e. The van der Waals surface area contributed by atoms with E-state index in [1.54, 1.807) is 24.3 Å². The second-order valence-corrected chi connectivity index (χ2v) is 9.61. The highest BCUT2D eigenvalue weighted by atomic mass is 19.4. The fraction of sp³-hybridized carbons (Fsp3) is 0.0667. The molecule has 14 heteroatoms. The number of halogens is 6. The number of hydrogen-bond donors (Lipinski definition) is 0. The zero-order chi connectivity index (χ0) is 30.6. The van der Waals surface area contributed by atoms with Crippen LogP contribution in [0.25, 0.3) is 67.9 Å². The van der Waals surface area contributed by atoms with Crippen molar-refractivity contribution in [2.45, 2.75) is 12.4 Å². The Kier molecular flexibility index (Phi) is 6.16. The Morgan fingerprint density at radius 2 is 0.886 bits per heavy atom. The Hall–Kier alpha value is -5.66. The molecule has 7 rings (SSSR count). The van der Waals surface area contributed by atoms with Gasteiger partial charge in [-0.1, -0.05) is 18.2 Å². The van der Waals surface area contributed by atoms with Gasteiger partial charge < -0.3 is 8.83 Å². The Labute approximate surface area is 242 Å². The van der Waals surface area contributed by atoms with Crippen molar-refractivity contribution in [2.24, 2.45) is 0 Å². The van der Waals surface area contributed by atoms with Crippen LogP contribution in [0.2, 0.25) is 0 Å². The SMILES string of the molecule is FC(F)(F)c1ccc2nc(-c3nnc(-c4cccc(-c5nnc(-c6ccc7cc(C(F)(F)F)ccc7n6)o5)c4)o3)ccc2c1. The molecule has 7 aromatic rings. The van der Waals surface area contributed by atoms with Gasteiger partial charge in [0.05, 0.1) is 22.2 Å². The molecule has 0 N–H and O–H groups in total. The van der Waals surface area contributed by atoms with Crippen molar-refractivity contribution in [3.63, 3.8) is 0 Å². The summed E-state index contributed by atoms with van der Waals surface area (Å²) in [6.07, 6.45) is -8.93. The molecule has 0 fully saturated rings. The minimum absolute atomic E-state index is 0.0667. The first-order valence-electron chi connectivity index (χ1n) is 12.8. The highest BCUT2D eigenvalue weighted by molar-refractivity contribution is 5.82. The van der Waals surface area contributed by atoms with Gasteiger partial charge in [0.1, 0.15) is 11.4 Å². The van der Waals surface area contributed by atoms with Gasteiger partial charge in [0.25, 0.3) is 11.8 Å². The zero-order valence-electron chi connectivity index (χ0n) is 21.9. The van der Waals surface area contributed by atoms with Gasteiger partial charge in [-0.2, -0.15) is 26.3 Å². The molecule has 8 nitrogen and oxygen atoms in total. The molecule has 0 aliphatic carbocycles. The minimum Gasteiger partial charge on any atom is -0.415 e. The first-order valence-corrected chi connectivity index (χ1v) is 12.8. The molecule has 0 unspecified atom stereocenters. The van der Waals surface area contributed by atoms with Gasteiger partial charge in [0.15, 0.2) is 0 Å². The van der Waals surface area contributed by atoms with E-state index in [4.69, 9.17) is 8.83 Å². The predicted molar refractivity (Wildman–Crippen MR) is 145 cm³/mol. The quantitative estimate of drug-likeness (QED) is 0.185. The lowest BCUT2D eigenvalue weighted by Crippen LogP contribution is -2.04. The number of hydrogen-bond acceptors (Lipinski definition) is 8. The van der Waals surface area contributed by atoms with Crippen LogP contribution in [-0.2, 0) is 12.4 Å². The molecule has 44 heavy (non-hydrogen) atoms. The lowest BCUT2D eigenvalue weighted by atomic mass is 10.1. The Morgan fingerprint density at radius 3 is 1.32 bits per heavy atom. The molecule has 0 atom stereocenters. The maximum absolute atomic E-state index is 13.0. The van der Waals surface area contributed by atoms with Crippen molar-refractivity contribution >= 4 is 21.8 Å². The average molecular weight is 604 g/mol. The molecule has 0 amide bonds. The highest BCUT2D eigenvalue weighted by Gasteiger charge is 2.31. The van der Waals surface area contributed by atoms with Crippen LogP contribution >= 0.6 is 0 Å². The predicted octanol–water partition coefficient (Wildman–Crippen LogP) is 8.25. The number of alkyl halides is 6. The highest BCUT2D eigenvalue weighted by Crippen LogP contribution is 2.34. The van der Waals surface area contributed by atoms with E-state index in [-0.39, 0.29) is 35.0 Å². The lowest BCUT2D eigenvalue weighted by Gasteiger charge is -2.07. The summed E-state index contributed by atoms with van der Waals surface area (Å²) in [6, 6.07) is 19.3.